The Morgan fingerprint density at radius 2 is 2.43 bits per heavy atom. The predicted octanol–water partition coefficient (Wildman–Crippen LogP) is 0.807. The lowest BCUT2D eigenvalue weighted by Crippen LogP contribution is -2.39. The van der Waals surface area contributed by atoms with Crippen LogP contribution in [0.1, 0.15) is 18.6 Å². The molecule has 1 heterocycles. The molecule has 1 aliphatic rings. The fourth-order valence-electron chi connectivity index (χ4n) is 1.51. The molecule has 0 unspecified atom stereocenters. The number of carbonyl (C=O) groups is 1. The molecular formula is C9H8N2O3. The number of methoxy groups -OCH3 is 1. The lowest BCUT2D eigenvalue weighted by atomic mass is 9.67. The first-order valence-electron chi connectivity index (χ1n) is 4.14. The van der Waals surface area contributed by atoms with E-state index in [1.807, 2.05) is 0 Å². The minimum Gasteiger partial charge on any atom is -0.479 e. The van der Waals surface area contributed by atoms with Crippen molar-refractivity contribution in [1.82, 2.24) is 5.16 Å². The fraction of sp³-hybridized carbons (Fsp3) is 0.444. The molecule has 0 aromatic carbocycles. The predicted molar refractivity (Wildman–Crippen MR) is 44.6 cm³/mol. The molecule has 1 aromatic heterocycles. The summed E-state index contributed by atoms with van der Waals surface area (Å²) in [6.07, 6.45) is 0.420. The summed E-state index contributed by atoms with van der Waals surface area (Å²) < 4.78 is 9.78. The summed E-state index contributed by atoms with van der Waals surface area (Å²) in [5, 5.41) is 12.6. The fourth-order valence-corrected chi connectivity index (χ4v) is 1.51. The molecule has 0 aliphatic heterocycles. The number of aromatic nitrogens is 1. The molecule has 0 bridgehead atoms. The molecule has 5 heteroatoms. The lowest BCUT2D eigenvalue weighted by molar-refractivity contribution is -0.127. The summed E-state index contributed by atoms with van der Waals surface area (Å²) in [6, 6.07) is 3.64. The van der Waals surface area contributed by atoms with Gasteiger partial charge in [0.15, 0.2) is 5.76 Å². The van der Waals surface area contributed by atoms with E-state index in [9.17, 15) is 4.79 Å². The van der Waals surface area contributed by atoms with E-state index in [-0.39, 0.29) is 18.6 Å². The van der Waals surface area contributed by atoms with Crippen molar-refractivity contribution in [2.75, 3.05) is 7.11 Å². The molecule has 0 amide bonds. The largest absolute Gasteiger partial charge is 0.479 e. The van der Waals surface area contributed by atoms with Crippen LogP contribution in [0.15, 0.2) is 10.6 Å². The van der Waals surface area contributed by atoms with Crippen molar-refractivity contribution in [1.29, 1.82) is 5.26 Å². The van der Waals surface area contributed by atoms with E-state index in [0.717, 1.165) is 0 Å². The molecule has 1 aromatic rings. The van der Waals surface area contributed by atoms with Gasteiger partial charge in [-0.25, -0.2) is 0 Å². The quantitative estimate of drug-likeness (QED) is 0.692. The third-order valence-corrected chi connectivity index (χ3v) is 2.38. The van der Waals surface area contributed by atoms with Gasteiger partial charge < -0.3 is 9.26 Å². The Kier molecular flexibility index (Phi) is 1.78. The van der Waals surface area contributed by atoms with Crippen LogP contribution in [0.2, 0.25) is 0 Å². The summed E-state index contributed by atoms with van der Waals surface area (Å²) in [6.45, 7) is 0. The van der Waals surface area contributed by atoms with Gasteiger partial charge in [0.1, 0.15) is 11.2 Å². The second-order valence-corrected chi connectivity index (χ2v) is 3.32. The van der Waals surface area contributed by atoms with E-state index < -0.39 is 5.41 Å². The molecule has 1 saturated carbocycles. The van der Waals surface area contributed by atoms with Crippen molar-refractivity contribution in [2.24, 2.45) is 0 Å². The van der Waals surface area contributed by atoms with Crippen LogP contribution in [-0.4, -0.2) is 18.0 Å². The number of hydrogen-bond donors (Lipinski definition) is 0. The molecule has 2 rings (SSSR count). The first-order chi connectivity index (χ1) is 6.70. The Morgan fingerprint density at radius 1 is 1.71 bits per heavy atom. The standard InChI is InChI=1S/C9H8N2O3/c1-13-8-2-7(14-11-8)9(5-10)3-6(12)4-9/h2H,3-4H2,1H3. The lowest BCUT2D eigenvalue weighted by Gasteiger charge is -2.30. The Labute approximate surface area is 80.2 Å². The van der Waals surface area contributed by atoms with E-state index in [1.54, 1.807) is 6.07 Å². The average molecular weight is 192 g/mol. The molecule has 1 fully saturated rings. The summed E-state index contributed by atoms with van der Waals surface area (Å²) in [5.74, 6) is 0.812. The molecule has 14 heavy (non-hydrogen) atoms. The summed E-state index contributed by atoms with van der Waals surface area (Å²) >= 11 is 0. The number of nitriles is 1. The topological polar surface area (TPSA) is 76.1 Å². The highest BCUT2D eigenvalue weighted by Gasteiger charge is 2.48. The molecular weight excluding hydrogens is 184 g/mol. The molecule has 72 valence electrons. The molecule has 5 nitrogen and oxygen atoms in total. The van der Waals surface area contributed by atoms with Gasteiger partial charge in [-0.1, -0.05) is 0 Å². The van der Waals surface area contributed by atoms with Crippen molar-refractivity contribution in [2.45, 2.75) is 18.3 Å². The first kappa shape index (κ1) is 8.75. The number of hydrogen-bond acceptors (Lipinski definition) is 5. The maximum atomic E-state index is 10.9. The first-order valence-corrected chi connectivity index (χ1v) is 4.14. The summed E-state index contributed by atoms with van der Waals surface area (Å²) in [4.78, 5) is 10.9. The van der Waals surface area contributed by atoms with Gasteiger partial charge in [0.05, 0.1) is 13.2 Å². The highest BCUT2D eigenvalue weighted by molar-refractivity contribution is 5.89. The second-order valence-electron chi connectivity index (χ2n) is 3.32. The van der Waals surface area contributed by atoms with E-state index in [4.69, 9.17) is 14.5 Å². The second kappa shape index (κ2) is 2.84. The molecule has 0 N–H and O–H groups in total. The maximum Gasteiger partial charge on any atom is 0.254 e. The van der Waals surface area contributed by atoms with Crippen LogP contribution in [0.3, 0.4) is 0 Å². The highest BCUT2D eigenvalue weighted by atomic mass is 16.5. The van der Waals surface area contributed by atoms with Crippen LogP contribution in [-0.2, 0) is 10.2 Å². The third kappa shape index (κ3) is 1.08. The molecule has 1 aliphatic carbocycles. The van der Waals surface area contributed by atoms with Crippen LogP contribution in [0.4, 0.5) is 0 Å². The molecule has 0 radical (unpaired) electrons. The van der Waals surface area contributed by atoms with Crippen molar-refractivity contribution in [3.8, 4) is 11.9 Å². The van der Waals surface area contributed by atoms with Crippen LogP contribution in [0.25, 0.3) is 0 Å². The van der Waals surface area contributed by atoms with Gasteiger partial charge in [0, 0.05) is 18.9 Å². The highest BCUT2D eigenvalue weighted by Crippen LogP contribution is 2.41. The van der Waals surface area contributed by atoms with Gasteiger partial charge in [0.2, 0.25) is 0 Å². The van der Waals surface area contributed by atoms with Gasteiger partial charge in [-0.2, -0.15) is 5.26 Å². The SMILES string of the molecule is COc1cc(C2(C#N)CC(=O)C2)on1. The van der Waals surface area contributed by atoms with E-state index in [1.165, 1.54) is 7.11 Å². The van der Waals surface area contributed by atoms with Gasteiger partial charge >= 0.3 is 0 Å². The van der Waals surface area contributed by atoms with Gasteiger partial charge in [-0.05, 0) is 5.16 Å². The van der Waals surface area contributed by atoms with Crippen molar-refractivity contribution in [3.63, 3.8) is 0 Å². The molecule has 0 saturated heterocycles. The average Bonchev–Trinajstić information content (AvgIpc) is 2.61. The summed E-state index contributed by atoms with van der Waals surface area (Å²) in [7, 11) is 1.46. The normalized spacial score (nSPS) is 18.4. The van der Waals surface area contributed by atoms with Gasteiger partial charge in [-0.15, -0.1) is 0 Å². The van der Waals surface area contributed by atoms with Crippen LogP contribution in [0, 0.1) is 11.3 Å². The smallest absolute Gasteiger partial charge is 0.254 e. The number of carbonyl (C=O) groups excluding carboxylic acids is 1. The minimum absolute atomic E-state index is 0.0712. The Morgan fingerprint density at radius 3 is 2.86 bits per heavy atom. The Balaban J connectivity index is 2.30. The minimum atomic E-state index is -0.805. The van der Waals surface area contributed by atoms with E-state index in [0.29, 0.717) is 11.6 Å². The number of ether oxygens (including phenoxy) is 1. The number of ketones is 1. The maximum absolute atomic E-state index is 10.9. The third-order valence-electron chi connectivity index (χ3n) is 2.38. The van der Waals surface area contributed by atoms with Crippen LogP contribution < -0.4 is 4.74 Å². The van der Waals surface area contributed by atoms with Crippen LogP contribution in [0.5, 0.6) is 5.88 Å². The van der Waals surface area contributed by atoms with Gasteiger partial charge in [-0.3, -0.25) is 4.79 Å². The number of nitrogens with zero attached hydrogens (tertiary/aromatic N) is 2. The van der Waals surface area contributed by atoms with Crippen molar-refractivity contribution in [3.05, 3.63) is 11.8 Å². The molecule has 0 spiro atoms. The number of Topliss-reactive ketones (excluding diaryl/α,β-unsaturated/α-hetero) is 1. The number of rotatable bonds is 2. The van der Waals surface area contributed by atoms with Crippen molar-refractivity contribution < 1.29 is 14.1 Å². The van der Waals surface area contributed by atoms with E-state index >= 15 is 0 Å². The van der Waals surface area contributed by atoms with Crippen molar-refractivity contribution >= 4 is 5.78 Å². The van der Waals surface area contributed by atoms with Crippen LogP contribution >= 0.6 is 0 Å². The van der Waals surface area contributed by atoms with E-state index in [2.05, 4.69) is 11.2 Å². The zero-order chi connectivity index (χ0) is 10.2. The zero-order valence-corrected chi connectivity index (χ0v) is 7.61. The summed E-state index contributed by atoms with van der Waals surface area (Å²) in [5.41, 5.74) is -0.805. The van der Waals surface area contributed by atoms with Gasteiger partial charge in [0.25, 0.3) is 5.88 Å². The molecule has 0 atom stereocenters. The Bertz CT molecular complexity index is 408. The monoisotopic (exact) mass is 192 g/mol. The zero-order valence-electron chi connectivity index (χ0n) is 7.61. The Hall–Kier alpha value is -1.83.